The predicted molar refractivity (Wildman–Crippen MR) is 142 cm³/mol. The predicted octanol–water partition coefficient (Wildman–Crippen LogP) is 5.28. The molecule has 36 heavy (non-hydrogen) atoms. The molecule has 7 heteroatoms. The Labute approximate surface area is 211 Å². The number of rotatable bonds is 10. The van der Waals surface area contributed by atoms with E-state index in [0.717, 1.165) is 39.3 Å². The van der Waals surface area contributed by atoms with Crippen molar-refractivity contribution < 1.29 is 24.1 Å². The molecule has 188 valence electrons. The van der Waals surface area contributed by atoms with Gasteiger partial charge in [-0.1, -0.05) is 17.7 Å². The van der Waals surface area contributed by atoms with E-state index in [-0.39, 0.29) is 12.6 Å². The van der Waals surface area contributed by atoms with Crippen molar-refractivity contribution in [2.75, 3.05) is 32.2 Å². The SMILES string of the molecule is CCOC(=O)c1c(C)n(-c2ccc(C)cc2)c2ccc(OC[C@@H](O)CNc3ccc(OC)cc3)cc12. The molecule has 0 unspecified atom stereocenters. The number of nitrogens with zero attached hydrogens (tertiary/aromatic N) is 1. The highest BCUT2D eigenvalue weighted by Crippen LogP contribution is 2.33. The number of hydrogen-bond acceptors (Lipinski definition) is 6. The summed E-state index contributed by atoms with van der Waals surface area (Å²) in [4.78, 5) is 12.9. The molecule has 0 aliphatic carbocycles. The van der Waals surface area contributed by atoms with Gasteiger partial charge in [0.05, 0.1) is 24.8 Å². The summed E-state index contributed by atoms with van der Waals surface area (Å²) in [5.74, 6) is 0.970. The standard InChI is InChI=1S/C29H32N2O5/c1-5-35-29(33)28-20(3)31(22-10-6-19(2)7-11-22)27-15-14-25(16-26(27)28)36-18-23(32)17-30-21-8-12-24(34-4)13-9-21/h6-16,23,30,32H,5,17-18H2,1-4H3/t23-/m0/s1. The summed E-state index contributed by atoms with van der Waals surface area (Å²) in [6, 6.07) is 21.3. The number of esters is 1. The van der Waals surface area contributed by atoms with E-state index in [2.05, 4.69) is 9.88 Å². The quantitative estimate of drug-likeness (QED) is 0.296. The van der Waals surface area contributed by atoms with E-state index in [0.29, 0.717) is 24.5 Å². The second-order valence-corrected chi connectivity index (χ2v) is 8.61. The van der Waals surface area contributed by atoms with Crippen LogP contribution in [-0.2, 0) is 4.74 Å². The smallest absolute Gasteiger partial charge is 0.340 e. The molecule has 0 spiro atoms. The van der Waals surface area contributed by atoms with Gasteiger partial charge in [-0.2, -0.15) is 0 Å². The maximum Gasteiger partial charge on any atom is 0.340 e. The van der Waals surface area contributed by atoms with E-state index in [1.54, 1.807) is 14.0 Å². The van der Waals surface area contributed by atoms with Crippen molar-refractivity contribution >= 4 is 22.6 Å². The number of aryl methyl sites for hydroxylation is 1. The van der Waals surface area contributed by atoms with Crippen LogP contribution in [0.15, 0.2) is 66.7 Å². The lowest BCUT2D eigenvalue weighted by atomic mass is 10.1. The molecule has 0 aliphatic rings. The highest BCUT2D eigenvalue weighted by molar-refractivity contribution is 6.07. The van der Waals surface area contributed by atoms with Crippen molar-refractivity contribution in [1.82, 2.24) is 4.57 Å². The number of hydrogen-bond donors (Lipinski definition) is 2. The van der Waals surface area contributed by atoms with Crippen molar-refractivity contribution in [3.05, 3.63) is 83.6 Å². The van der Waals surface area contributed by atoms with Crippen LogP contribution in [0.4, 0.5) is 5.69 Å². The van der Waals surface area contributed by atoms with E-state index in [9.17, 15) is 9.90 Å². The van der Waals surface area contributed by atoms with Crippen LogP contribution in [0.3, 0.4) is 0 Å². The van der Waals surface area contributed by atoms with Crippen LogP contribution in [0.2, 0.25) is 0 Å². The summed E-state index contributed by atoms with van der Waals surface area (Å²) in [6.07, 6.45) is -0.730. The van der Waals surface area contributed by atoms with Crippen LogP contribution in [0.25, 0.3) is 16.6 Å². The zero-order valence-electron chi connectivity index (χ0n) is 21.1. The number of nitrogens with one attached hydrogen (secondary N) is 1. The number of anilines is 1. The molecule has 4 aromatic rings. The zero-order chi connectivity index (χ0) is 25.7. The van der Waals surface area contributed by atoms with Crippen LogP contribution in [-0.4, -0.2) is 48.6 Å². The highest BCUT2D eigenvalue weighted by atomic mass is 16.5. The van der Waals surface area contributed by atoms with Crippen molar-refractivity contribution in [3.63, 3.8) is 0 Å². The van der Waals surface area contributed by atoms with Gasteiger partial charge >= 0.3 is 5.97 Å². The molecule has 0 bridgehead atoms. The summed E-state index contributed by atoms with van der Waals surface area (Å²) in [5, 5.41) is 14.4. The maximum atomic E-state index is 12.9. The van der Waals surface area contributed by atoms with Crippen molar-refractivity contribution in [2.45, 2.75) is 26.9 Å². The number of aliphatic hydroxyl groups is 1. The number of fused-ring (bicyclic) bond motifs is 1. The third kappa shape index (κ3) is 5.47. The Morgan fingerprint density at radius 2 is 1.69 bits per heavy atom. The number of carbonyl (C=O) groups is 1. The van der Waals surface area contributed by atoms with Crippen LogP contribution in [0.1, 0.15) is 28.5 Å². The maximum absolute atomic E-state index is 12.9. The van der Waals surface area contributed by atoms with Crippen LogP contribution < -0.4 is 14.8 Å². The molecule has 1 aromatic heterocycles. The van der Waals surface area contributed by atoms with Crippen LogP contribution in [0, 0.1) is 13.8 Å². The minimum absolute atomic E-state index is 0.0983. The Kier molecular flexibility index (Phi) is 7.80. The molecule has 0 radical (unpaired) electrons. The number of aliphatic hydroxyl groups excluding tert-OH is 1. The molecule has 2 N–H and O–H groups in total. The van der Waals surface area contributed by atoms with Gasteiger partial charge in [-0.3, -0.25) is 0 Å². The zero-order valence-corrected chi connectivity index (χ0v) is 21.1. The largest absolute Gasteiger partial charge is 0.497 e. The number of aromatic nitrogens is 1. The lowest BCUT2D eigenvalue weighted by Gasteiger charge is -2.14. The molecule has 0 fully saturated rings. The van der Waals surface area contributed by atoms with Gasteiger partial charge in [-0.25, -0.2) is 4.79 Å². The fraction of sp³-hybridized carbons (Fsp3) is 0.276. The van der Waals surface area contributed by atoms with Gasteiger partial charge < -0.3 is 29.2 Å². The van der Waals surface area contributed by atoms with Gasteiger partial charge in [0.15, 0.2) is 0 Å². The van der Waals surface area contributed by atoms with E-state index in [4.69, 9.17) is 14.2 Å². The molecule has 0 amide bonds. The molecule has 4 rings (SSSR count). The first-order valence-corrected chi connectivity index (χ1v) is 12.0. The Morgan fingerprint density at radius 3 is 2.36 bits per heavy atom. The van der Waals surface area contributed by atoms with Crippen LogP contribution >= 0.6 is 0 Å². The normalized spacial score (nSPS) is 11.8. The molecule has 0 saturated heterocycles. The summed E-state index contributed by atoms with van der Waals surface area (Å²) in [7, 11) is 1.62. The second-order valence-electron chi connectivity index (χ2n) is 8.61. The number of methoxy groups -OCH3 is 1. The summed E-state index contributed by atoms with van der Waals surface area (Å²) in [6.45, 7) is 6.47. The molecule has 7 nitrogen and oxygen atoms in total. The molecule has 3 aromatic carbocycles. The summed E-state index contributed by atoms with van der Waals surface area (Å²) in [5.41, 5.74) is 5.20. The fourth-order valence-electron chi connectivity index (χ4n) is 4.17. The van der Waals surface area contributed by atoms with Gasteiger partial charge in [-0.05, 0) is 75.4 Å². The summed E-state index contributed by atoms with van der Waals surface area (Å²) < 4.78 is 18.5. The van der Waals surface area contributed by atoms with Gasteiger partial charge in [-0.15, -0.1) is 0 Å². The van der Waals surface area contributed by atoms with Gasteiger partial charge in [0.1, 0.15) is 24.2 Å². The lowest BCUT2D eigenvalue weighted by Crippen LogP contribution is -2.26. The summed E-state index contributed by atoms with van der Waals surface area (Å²) >= 11 is 0. The van der Waals surface area contributed by atoms with E-state index < -0.39 is 6.10 Å². The Bertz CT molecular complexity index is 1330. The highest BCUT2D eigenvalue weighted by Gasteiger charge is 2.22. The van der Waals surface area contributed by atoms with E-state index in [1.807, 2.05) is 80.6 Å². The molecule has 1 heterocycles. The first kappa shape index (κ1) is 25.1. The monoisotopic (exact) mass is 488 g/mol. The van der Waals surface area contributed by atoms with Crippen LogP contribution in [0.5, 0.6) is 11.5 Å². The third-order valence-corrected chi connectivity index (χ3v) is 6.02. The average Bonchev–Trinajstić information content (AvgIpc) is 3.18. The van der Waals surface area contributed by atoms with Crippen molar-refractivity contribution in [2.24, 2.45) is 0 Å². The number of ether oxygens (including phenoxy) is 3. The minimum Gasteiger partial charge on any atom is -0.497 e. The Balaban J connectivity index is 1.54. The first-order valence-electron chi connectivity index (χ1n) is 12.0. The van der Waals surface area contributed by atoms with Gasteiger partial charge in [0, 0.05) is 29.0 Å². The Morgan fingerprint density at radius 1 is 1.00 bits per heavy atom. The first-order chi connectivity index (χ1) is 17.4. The minimum atomic E-state index is -0.730. The lowest BCUT2D eigenvalue weighted by molar-refractivity contribution is 0.0527. The Hall–Kier alpha value is -3.97. The average molecular weight is 489 g/mol. The fourth-order valence-corrected chi connectivity index (χ4v) is 4.17. The van der Waals surface area contributed by atoms with E-state index in [1.165, 1.54) is 0 Å². The van der Waals surface area contributed by atoms with Crippen molar-refractivity contribution in [1.29, 1.82) is 0 Å². The van der Waals surface area contributed by atoms with E-state index >= 15 is 0 Å². The third-order valence-electron chi connectivity index (χ3n) is 6.02. The van der Waals surface area contributed by atoms with Gasteiger partial charge in [0.25, 0.3) is 0 Å². The molecular weight excluding hydrogens is 456 g/mol. The molecular formula is C29H32N2O5. The molecule has 0 aliphatic heterocycles. The topological polar surface area (TPSA) is 82.0 Å². The number of benzene rings is 3. The molecule has 0 saturated carbocycles. The second kappa shape index (κ2) is 11.2. The molecule has 1 atom stereocenters. The van der Waals surface area contributed by atoms with Gasteiger partial charge in [0.2, 0.25) is 0 Å². The number of carbonyl (C=O) groups excluding carboxylic acids is 1. The van der Waals surface area contributed by atoms with Crippen molar-refractivity contribution in [3.8, 4) is 17.2 Å².